The highest BCUT2D eigenvalue weighted by atomic mass is 32.2. The van der Waals surface area contributed by atoms with Gasteiger partial charge in [0.05, 0.1) is 15.4 Å². The number of sulfonamides is 1. The van der Waals surface area contributed by atoms with Crippen LogP contribution in [-0.2, 0) is 10.0 Å². The third kappa shape index (κ3) is 2.32. The van der Waals surface area contributed by atoms with Crippen molar-refractivity contribution in [1.29, 1.82) is 0 Å². The Kier molecular flexibility index (Phi) is 2.92. The fourth-order valence-electron chi connectivity index (χ4n) is 1.05. The van der Waals surface area contributed by atoms with Gasteiger partial charge in [-0.15, -0.1) is 0 Å². The summed E-state index contributed by atoms with van der Waals surface area (Å²) in [5.74, 6) is -1.60. The highest BCUT2D eigenvalue weighted by Crippen LogP contribution is 2.20. The minimum atomic E-state index is -4.22. The highest BCUT2D eigenvalue weighted by Gasteiger charge is 2.22. The SMILES string of the molecule is NS(=O)(=O)c1ccc([N+](=O)[O-])cc1C(=O)O. The molecule has 0 aromatic heterocycles. The van der Waals surface area contributed by atoms with E-state index in [4.69, 9.17) is 10.2 Å². The second-order valence-corrected chi connectivity index (χ2v) is 4.32. The van der Waals surface area contributed by atoms with Crippen molar-refractivity contribution >= 4 is 21.7 Å². The Balaban J connectivity index is 3.55. The maximum atomic E-state index is 11.0. The lowest BCUT2D eigenvalue weighted by molar-refractivity contribution is -0.384. The lowest BCUT2D eigenvalue weighted by Gasteiger charge is -2.02. The fourth-order valence-corrected chi connectivity index (χ4v) is 1.76. The molecule has 1 aromatic rings. The molecule has 0 aliphatic carbocycles. The van der Waals surface area contributed by atoms with Crippen molar-refractivity contribution in [2.24, 2.45) is 5.14 Å². The van der Waals surface area contributed by atoms with Crippen molar-refractivity contribution in [2.75, 3.05) is 0 Å². The van der Waals surface area contributed by atoms with Crippen LogP contribution in [0.3, 0.4) is 0 Å². The third-order valence-electron chi connectivity index (χ3n) is 1.71. The lowest BCUT2D eigenvalue weighted by atomic mass is 10.2. The van der Waals surface area contributed by atoms with Crippen LogP contribution in [0.5, 0.6) is 0 Å². The number of nitrogens with zero attached hydrogens (tertiary/aromatic N) is 1. The molecule has 0 radical (unpaired) electrons. The summed E-state index contributed by atoms with van der Waals surface area (Å²) in [4.78, 5) is 19.6. The molecule has 1 aromatic carbocycles. The molecule has 9 heteroatoms. The molecule has 0 amide bonds. The van der Waals surface area contributed by atoms with Gasteiger partial charge in [-0.2, -0.15) is 0 Å². The molecule has 0 saturated carbocycles. The van der Waals surface area contributed by atoms with E-state index in [1.165, 1.54) is 0 Å². The van der Waals surface area contributed by atoms with Crippen LogP contribution in [0.2, 0.25) is 0 Å². The Morgan fingerprint density at radius 3 is 2.38 bits per heavy atom. The van der Waals surface area contributed by atoms with Crippen molar-refractivity contribution in [3.8, 4) is 0 Å². The first kappa shape index (κ1) is 12.1. The molecule has 86 valence electrons. The number of nitro benzene ring substituents is 1. The molecule has 0 spiro atoms. The number of hydrogen-bond acceptors (Lipinski definition) is 5. The number of nitrogens with two attached hydrogens (primary N) is 1. The van der Waals surface area contributed by atoms with E-state index < -0.39 is 37.1 Å². The number of primary sulfonamides is 1. The van der Waals surface area contributed by atoms with Gasteiger partial charge in [0.2, 0.25) is 10.0 Å². The molecule has 0 saturated heterocycles. The number of carbonyl (C=O) groups is 1. The largest absolute Gasteiger partial charge is 0.478 e. The summed E-state index contributed by atoms with van der Waals surface area (Å²) in [5.41, 5.74) is -1.25. The summed E-state index contributed by atoms with van der Waals surface area (Å²) in [6, 6.07) is 2.30. The quantitative estimate of drug-likeness (QED) is 0.565. The van der Waals surface area contributed by atoms with Crippen LogP contribution in [0.25, 0.3) is 0 Å². The van der Waals surface area contributed by atoms with Crippen LogP contribution in [0.1, 0.15) is 10.4 Å². The number of hydrogen-bond donors (Lipinski definition) is 2. The van der Waals surface area contributed by atoms with Gasteiger partial charge in [0.1, 0.15) is 0 Å². The number of nitro groups is 1. The van der Waals surface area contributed by atoms with Crippen molar-refractivity contribution in [1.82, 2.24) is 0 Å². The third-order valence-corrected chi connectivity index (χ3v) is 2.68. The van der Waals surface area contributed by atoms with E-state index in [1.807, 2.05) is 0 Å². The Morgan fingerprint density at radius 1 is 1.44 bits per heavy atom. The second-order valence-electron chi connectivity index (χ2n) is 2.79. The van der Waals surface area contributed by atoms with Gasteiger partial charge in [-0.1, -0.05) is 0 Å². The average Bonchev–Trinajstić information content (AvgIpc) is 2.15. The zero-order valence-electron chi connectivity index (χ0n) is 7.65. The van der Waals surface area contributed by atoms with Crippen LogP contribution in [-0.4, -0.2) is 24.4 Å². The summed E-state index contributed by atoms with van der Waals surface area (Å²) in [6.07, 6.45) is 0. The predicted octanol–water partition coefficient (Wildman–Crippen LogP) is -0.0596. The predicted molar refractivity (Wildman–Crippen MR) is 51.4 cm³/mol. The van der Waals surface area contributed by atoms with Crippen LogP contribution in [0.15, 0.2) is 23.1 Å². The molecule has 1 rings (SSSR count). The van der Waals surface area contributed by atoms with Crippen molar-refractivity contribution in [2.45, 2.75) is 4.90 Å². The van der Waals surface area contributed by atoms with E-state index >= 15 is 0 Å². The summed E-state index contributed by atoms with van der Waals surface area (Å²) in [5, 5.41) is 23.8. The Morgan fingerprint density at radius 2 is 2.00 bits per heavy atom. The number of aromatic carboxylic acids is 1. The first-order valence-corrected chi connectivity index (χ1v) is 5.32. The molecule has 16 heavy (non-hydrogen) atoms. The van der Waals surface area contributed by atoms with Crippen molar-refractivity contribution < 1.29 is 23.2 Å². The molecule has 0 heterocycles. The summed E-state index contributed by atoms with van der Waals surface area (Å²) >= 11 is 0. The van der Waals surface area contributed by atoms with E-state index in [2.05, 4.69) is 0 Å². The topological polar surface area (TPSA) is 141 Å². The molecule has 0 aliphatic heterocycles. The van der Waals surface area contributed by atoms with Gasteiger partial charge < -0.3 is 5.11 Å². The number of rotatable bonds is 3. The molecule has 0 fully saturated rings. The first-order chi connectivity index (χ1) is 7.23. The normalized spacial score (nSPS) is 11.1. The lowest BCUT2D eigenvalue weighted by Crippen LogP contribution is -2.16. The minimum absolute atomic E-state index is 0.523. The maximum Gasteiger partial charge on any atom is 0.337 e. The summed E-state index contributed by atoms with van der Waals surface area (Å²) < 4.78 is 22.0. The molecule has 3 N–H and O–H groups in total. The smallest absolute Gasteiger partial charge is 0.337 e. The van der Waals surface area contributed by atoms with Gasteiger partial charge in [0.15, 0.2) is 0 Å². The molecule has 0 atom stereocenters. The maximum absolute atomic E-state index is 11.0. The van der Waals surface area contributed by atoms with Gasteiger partial charge in [-0.3, -0.25) is 10.1 Å². The molecular formula is C7H6N2O6S. The monoisotopic (exact) mass is 246 g/mol. The fraction of sp³-hybridized carbons (Fsp3) is 0. The summed E-state index contributed by atoms with van der Waals surface area (Å²) in [7, 11) is -4.22. The van der Waals surface area contributed by atoms with Crippen LogP contribution < -0.4 is 5.14 Å². The van der Waals surface area contributed by atoms with Gasteiger partial charge in [-0.05, 0) is 6.07 Å². The number of carboxylic acid groups (broad SMARTS) is 1. The van der Waals surface area contributed by atoms with E-state index in [1.54, 1.807) is 0 Å². The highest BCUT2D eigenvalue weighted by molar-refractivity contribution is 7.89. The average molecular weight is 246 g/mol. The van der Waals surface area contributed by atoms with Crippen LogP contribution in [0, 0.1) is 10.1 Å². The Labute approximate surface area is 89.5 Å². The molecule has 0 bridgehead atoms. The molecule has 0 unspecified atom stereocenters. The van der Waals surface area contributed by atoms with Gasteiger partial charge >= 0.3 is 5.97 Å². The van der Waals surface area contributed by atoms with E-state index in [0.29, 0.717) is 6.07 Å². The zero-order valence-corrected chi connectivity index (χ0v) is 8.47. The zero-order chi connectivity index (χ0) is 12.5. The first-order valence-electron chi connectivity index (χ1n) is 3.78. The standard InChI is InChI=1S/C7H6N2O6S/c8-16(14,15)6-2-1-4(9(12)13)3-5(6)7(10)11/h1-3H,(H,10,11)(H2,8,14,15). The molecule has 0 aliphatic rings. The molecule has 8 nitrogen and oxygen atoms in total. The van der Waals surface area contributed by atoms with Gasteiger partial charge in [0.25, 0.3) is 5.69 Å². The number of non-ortho nitro benzene ring substituents is 1. The minimum Gasteiger partial charge on any atom is -0.478 e. The second kappa shape index (κ2) is 3.87. The van der Waals surface area contributed by atoms with E-state index in [0.717, 1.165) is 12.1 Å². The summed E-state index contributed by atoms with van der Waals surface area (Å²) in [6.45, 7) is 0. The Bertz CT molecular complexity index is 564. The Hall–Kier alpha value is -2.00. The number of benzene rings is 1. The number of carboxylic acids is 1. The molecular weight excluding hydrogens is 240 g/mol. The van der Waals surface area contributed by atoms with Crippen LogP contribution >= 0.6 is 0 Å². The van der Waals surface area contributed by atoms with Gasteiger partial charge in [-0.25, -0.2) is 18.4 Å². The van der Waals surface area contributed by atoms with Crippen LogP contribution in [0.4, 0.5) is 5.69 Å². The van der Waals surface area contributed by atoms with Gasteiger partial charge in [0, 0.05) is 12.1 Å². The van der Waals surface area contributed by atoms with E-state index in [9.17, 15) is 23.3 Å². The van der Waals surface area contributed by atoms with E-state index in [-0.39, 0.29) is 0 Å². The van der Waals surface area contributed by atoms with Crippen molar-refractivity contribution in [3.05, 3.63) is 33.9 Å². The van der Waals surface area contributed by atoms with Crippen molar-refractivity contribution in [3.63, 3.8) is 0 Å².